The Morgan fingerprint density at radius 2 is 1.80 bits per heavy atom. The minimum Gasteiger partial charge on any atom is -0.455 e. The van der Waals surface area contributed by atoms with Crippen LogP contribution in [0.15, 0.2) is 66.7 Å². The van der Waals surface area contributed by atoms with Crippen molar-refractivity contribution < 1.29 is 19.1 Å². The number of hydrogen-bond donors (Lipinski definition) is 1. The molecule has 0 aromatic heterocycles. The van der Waals surface area contributed by atoms with Crippen molar-refractivity contribution in [3.8, 4) is 11.5 Å². The maximum Gasteiger partial charge on any atom is 0.414 e. The lowest BCUT2D eigenvalue weighted by molar-refractivity contribution is 0.102. The first-order valence-corrected chi connectivity index (χ1v) is 9.77. The lowest BCUT2D eigenvalue weighted by atomic mass is 10.1. The van der Waals surface area contributed by atoms with E-state index < -0.39 is 0 Å². The van der Waals surface area contributed by atoms with Crippen molar-refractivity contribution in [1.29, 1.82) is 0 Å². The number of carbonyl (C=O) groups is 2. The van der Waals surface area contributed by atoms with Crippen LogP contribution >= 0.6 is 11.6 Å². The molecule has 0 spiro atoms. The van der Waals surface area contributed by atoms with Gasteiger partial charge >= 0.3 is 6.09 Å². The van der Waals surface area contributed by atoms with Gasteiger partial charge in [0.2, 0.25) is 0 Å². The van der Waals surface area contributed by atoms with E-state index in [1.54, 1.807) is 42.5 Å². The van der Waals surface area contributed by atoms with Gasteiger partial charge in [0, 0.05) is 16.3 Å². The molecule has 3 aromatic rings. The Hall–Kier alpha value is -3.51. The van der Waals surface area contributed by atoms with Gasteiger partial charge in [-0.3, -0.25) is 9.69 Å². The Labute approximate surface area is 179 Å². The summed E-state index contributed by atoms with van der Waals surface area (Å²) in [7, 11) is 0. The number of nitrogens with one attached hydrogen (secondary N) is 1. The van der Waals surface area contributed by atoms with Crippen LogP contribution in [0.1, 0.15) is 15.9 Å². The third-order valence-corrected chi connectivity index (χ3v) is 4.88. The van der Waals surface area contributed by atoms with E-state index in [9.17, 15) is 9.59 Å². The van der Waals surface area contributed by atoms with Crippen LogP contribution in [0.2, 0.25) is 5.02 Å². The summed E-state index contributed by atoms with van der Waals surface area (Å²) in [6.07, 6.45) is -0.385. The van der Waals surface area contributed by atoms with Gasteiger partial charge in [-0.25, -0.2) is 4.79 Å². The molecule has 3 aromatic carbocycles. The van der Waals surface area contributed by atoms with Crippen LogP contribution in [0.25, 0.3) is 0 Å². The van der Waals surface area contributed by atoms with E-state index in [1.807, 2.05) is 31.2 Å². The Bertz CT molecular complexity index is 1080. The van der Waals surface area contributed by atoms with Crippen LogP contribution in [0, 0.1) is 6.92 Å². The van der Waals surface area contributed by atoms with Crippen molar-refractivity contribution in [3.63, 3.8) is 0 Å². The molecule has 1 fully saturated rings. The average Bonchev–Trinajstić information content (AvgIpc) is 3.17. The number of nitrogens with zero attached hydrogens (tertiary/aromatic N) is 1. The zero-order valence-corrected chi connectivity index (χ0v) is 17.0. The fraction of sp³-hybridized carbons (Fsp3) is 0.130. The van der Waals surface area contributed by atoms with E-state index in [2.05, 4.69) is 5.32 Å². The molecule has 7 heteroatoms. The first-order chi connectivity index (χ1) is 14.5. The van der Waals surface area contributed by atoms with E-state index in [0.29, 0.717) is 46.6 Å². The van der Waals surface area contributed by atoms with Crippen molar-refractivity contribution in [1.82, 2.24) is 0 Å². The minimum atomic E-state index is -0.385. The van der Waals surface area contributed by atoms with Gasteiger partial charge in [0.15, 0.2) is 5.75 Å². The summed E-state index contributed by atoms with van der Waals surface area (Å²) < 4.78 is 10.9. The molecule has 0 bridgehead atoms. The number of carbonyl (C=O) groups excluding carboxylic acids is 2. The molecule has 0 atom stereocenters. The quantitative estimate of drug-likeness (QED) is 0.577. The van der Waals surface area contributed by atoms with Crippen molar-refractivity contribution in [3.05, 3.63) is 82.9 Å². The van der Waals surface area contributed by atoms with Gasteiger partial charge in [0.05, 0.1) is 12.2 Å². The van der Waals surface area contributed by atoms with Crippen molar-refractivity contribution in [2.24, 2.45) is 0 Å². The molecular weight excluding hydrogens is 404 g/mol. The molecule has 1 aliphatic heterocycles. The summed E-state index contributed by atoms with van der Waals surface area (Å²) in [5.74, 6) is 0.815. The van der Waals surface area contributed by atoms with Gasteiger partial charge in [-0.05, 0) is 61.5 Å². The third-order valence-electron chi connectivity index (χ3n) is 4.64. The van der Waals surface area contributed by atoms with Crippen molar-refractivity contribution in [2.45, 2.75) is 6.92 Å². The highest BCUT2D eigenvalue weighted by Crippen LogP contribution is 2.32. The number of ether oxygens (including phenoxy) is 2. The molecular formula is C23H19ClN2O4. The van der Waals surface area contributed by atoms with E-state index in [-0.39, 0.29) is 12.0 Å². The minimum absolute atomic E-state index is 0.318. The van der Waals surface area contributed by atoms with E-state index in [1.165, 1.54) is 4.90 Å². The van der Waals surface area contributed by atoms with Crippen LogP contribution in [0.4, 0.5) is 16.2 Å². The fourth-order valence-corrected chi connectivity index (χ4v) is 3.21. The Balaban J connectivity index is 1.51. The predicted molar refractivity (Wildman–Crippen MR) is 116 cm³/mol. The van der Waals surface area contributed by atoms with Gasteiger partial charge in [0.1, 0.15) is 12.4 Å². The Morgan fingerprint density at radius 1 is 1.07 bits per heavy atom. The summed E-state index contributed by atoms with van der Waals surface area (Å²) in [6.45, 7) is 2.85. The first-order valence-electron chi connectivity index (χ1n) is 9.39. The largest absolute Gasteiger partial charge is 0.455 e. The number of benzene rings is 3. The SMILES string of the molecule is Cc1ccc(Oc2ccc(Cl)cc2NC(=O)c2ccc(N3CCOC3=O)cc2)cc1. The molecule has 0 saturated carbocycles. The highest BCUT2D eigenvalue weighted by molar-refractivity contribution is 6.31. The monoisotopic (exact) mass is 422 g/mol. The molecule has 2 amide bonds. The predicted octanol–water partition coefficient (Wildman–Crippen LogP) is 5.65. The number of cyclic esters (lactones) is 1. The Kier molecular flexibility index (Phi) is 5.59. The number of hydrogen-bond acceptors (Lipinski definition) is 4. The number of halogens is 1. The average molecular weight is 423 g/mol. The van der Waals surface area contributed by atoms with Crippen LogP contribution in [0.3, 0.4) is 0 Å². The molecule has 4 rings (SSSR count). The standard InChI is InChI=1S/C23H19ClN2O4/c1-15-2-9-19(10-3-15)30-21-11-6-17(24)14-20(21)25-22(27)16-4-7-18(8-5-16)26-12-13-29-23(26)28/h2-11,14H,12-13H2,1H3,(H,25,27). The van der Waals surface area contributed by atoms with Crippen LogP contribution in [-0.4, -0.2) is 25.2 Å². The van der Waals surface area contributed by atoms with E-state index >= 15 is 0 Å². The topological polar surface area (TPSA) is 67.9 Å². The molecule has 6 nitrogen and oxygen atoms in total. The molecule has 1 aliphatic rings. The molecule has 1 N–H and O–H groups in total. The smallest absolute Gasteiger partial charge is 0.414 e. The maximum atomic E-state index is 12.8. The summed E-state index contributed by atoms with van der Waals surface area (Å²) in [5, 5.41) is 3.32. The summed E-state index contributed by atoms with van der Waals surface area (Å²) in [5.41, 5.74) is 2.70. The number of anilines is 2. The second-order valence-corrected chi connectivity index (χ2v) is 7.26. The van der Waals surface area contributed by atoms with E-state index in [0.717, 1.165) is 5.56 Å². The molecule has 1 heterocycles. The number of amides is 2. The third kappa shape index (κ3) is 4.39. The van der Waals surface area contributed by atoms with Crippen LogP contribution < -0.4 is 15.0 Å². The second kappa shape index (κ2) is 8.47. The van der Waals surface area contributed by atoms with Gasteiger partial charge in [0.25, 0.3) is 5.91 Å². The van der Waals surface area contributed by atoms with Gasteiger partial charge in [-0.15, -0.1) is 0 Å². The Morgan fingerprint density at radius 3 is 2.47 bits per heavy atom. The summed E-state index contributed by atoms with van der Waals surface area (Å²) in [6, 6.07) is 19.4. The normalized spacial score (nSPS) is 13.1. The van der Waals surface area contributed by atoms with Crippen molar-refractivity contribution >= 4 is 35.0 Å². The molecule has 152 valence electrons. The zero-order chi connectivity index (χ0) is 21.1. The summed E-state index contributed by atoms with van der Waals surface area (Å²) in [4.78, 5) is 25.9. The maximum absolute atomic E-state index is 12.8. The van der Waals surface area contributed by atoms with Gasteiger partial charge in [-0.2, -0.15) is 0 Å². The number of aryl methyl sites for hydroxylation is 1. The highest BCUT2D eigenvalue weighted by atomic mass is 35.5. The zero-order valence-electron chi connectivity index (χ0n) is 16.2. The highest BCUT2D eigenvalue weighted by Gasteiger charge is 2.23. The molecule has 0 aliphatic carbocycles. The van der Waals surface area contributed by atoms with Gasteiger partial charge < -0.3 is 14.8 Å². The van der Waals surface area contributed by atoms with Crippen LogP contribution in [0.5, 0.6) is 11.5 Å². The van der Waals surface area contributed by atoms with Gasteiger partial charge in [-0.1, -0.05) is 29.3 Å². The lowest BCUT2D eigenvalue weighted by Gasteiger charge is -2.14. The molecule has 30 heavy (non-hydrogen) atoms. The summed E-state index contributed by atoms with van der Waals surface area (Å²) >= 11 is 6.12. The number of rotatable bonds is 5. The lowest BCUT2D eigenvalue weighted by Crippen LogP contribution is -2.23. The second-order valence-electron chi connectivity index (χ2n) is 6.82. The molecule has 0 radical (unpaired) electrons. The molecule has 0 unspecified atom stereocenters. The molecule has 1 saturated heterocycles. The first kappa shape index (κ1) is 19.8. The van der Waals surface area contributed by atoms with Crippen molar-refractivity contribution in [2.75, 3.05) is 23.4 Å². The van der Waals surface area contributed by atoms with Crippen LogP contribution in [-0.2, 0) is 4.74 Å². The fourth-order valence-electron chi connectivity index (χ4n) is 3.04. The van der Waals surface area contributed by atoms with E-state index in [4.69, 9.17) is 21.1 Å².